The normalized spacial score (nSPS) is 15.6. The van der Waals surface area contributed by atoms with Gasteiger partial charge >= 0.3 is 5.97 Å². The molecule has 1 saturated heterocycles. The molecular weight excluding hydrogens is 785 g/mol. The predicted octanol–water partition coefficient (Wildman–Crippen LogP) is 6.33. The summed E-state index contributed by atoms with van der Waals surface area (Å²) in [5, 5.41) is 11.1. The van der Waals surface area contributed by atoms with Crippen LogP contribution in [0.15, 0.2) is 41.6 Å². The summed E-state index contributed by atoms with van der Waals surface area (Å²) >= 11 is 0. The van der Waals surface area contributed by atoms with E-state index in [9.17, 15) is 22.8 Å². The third-order valence-corrected chi connectivity index (χ3v) is 14.6. The second-order valence-electron chi connectivity index (χ2n) is 17.1. The number of methoxy groups -OCH3 is 1. The van der Waals surface area contributed by atoms with Crippen LogP contribution in [0.2, 0.25) is 0 Å². The molecule has 4 heterocycles. The van der Waals surface area contributed by atoms with Crippen LogP contribution in [0, 0.1) is 19.8 Å². The van der Waals surface area contributed by atoms with E-state index in [1.807, 2.05) is 19.9 Å². The maximum Gasteiger partial charge on any atom is 0.305 e. The Balaban J connectivity index is 0.953. The number of hydrogen-bond donors (Lipinski definition) is 3. The zero-order chi connectivity index (χ0) is 43.2. The van der Waals surface area contributed by atoms with Crippen LogP contribution in [-0.4, -0.2) is 100 Å². The minimum atomic E-state index is -3.78. The second kappa shape index (κ2) is 19.1. The van der Waals surface area contributed by atoms with Gasteiger partial charge in [-0.1, -0.05) is 25.0 Å². The lowest BCUT2D eigenvalue weighted by Crippen LogP contribution is -2.45. The van der Waals surface area contributed by atoms with Crippen molar-refractivity contribution in [1.29, 1.82) is 0 Å². The van der Waals surface area contributed by atoms with Gasteiger partial charge in [0.2, 0.25) is 5.91 Å². The maximum atomic E-state index is 13.9. The van der Waals surface area contributed by atoms with E-state index in [0.29, 0.717) is 52.9 Å². The Bertz CT molecular complexity index is 2300. The number of aryl methyl sites for hydroxylation is 2. The molecule has 1 atom stereocenters. The van der Waals surface area contributed by atoms with Crippen molar-refractivity contribution < 1.29 is 32.3 Å². The molecule has 16 heteroatoms. The van der Waals surface area contributed by atoms with Gasteiger partial charge in [0.15, 0.2) is 15.7 Å². The van der Waals surface area contributed by atoms with Crippen molar-refractivity contribution in [1.82, 2.24) is 30.0 Å². The van der Waals surface area contributed by atoms with Crippen LogP contribution in [0.1, 0.15) is 111 Å². The van der Waals surface area contributed by atoms with Crippen molar-refractivity contribution in [2.75, 3.05) is 38.7 Å². The van der Waals surface area contributed by atoms with Crippen LogP contribution in [0.3, 0.4) is 0 Å². The van der Waals surface area contributed by atoms with E-state index in [1.165, 1.54) is 18.3 Å². The highest BCUT2D eigenvalue weighted by Crippen LogP contribution is 2.38. The molecule has 2 aliphatic rings. The Morgan fingerprint density at radius 2 is 1.80 bits per heavy atom. The summed E-state index contributed by atoms with van der Waals surface area (Å²) < 4.78 is 37.8. The molecule has 0 aliphatic carbocycles. The van der Waals surface area contributed by atoms with E-state index >= 15 is 0 Å². The molecule has 0 bridgehead atoms. The molecule has 4 aromatic rings. The quantitative estimate of drug-likeness (QED) is 0.0700. The van der Waals surface area contributed by atoms with Crippen LogP contribution in [-0.2, 0) is 37.1 Å². The molecule has 4 N–H and O–H groups in total. The molecule has 2 aromatic carbocycles. The minimum Gasteiger partial charge on any atom is -0.492 e. The van der Waals surface area contributed by atoms with Gasteiger partial charge < -0.3 is 30.3 Å². The number of esters is 1. The number of fused-ring (bicyclic) bond motifs is 2. The van der Waals surface area contributed by atoms with Crippen LogP contribution >= 0.6 is 0 Å². The van der Waals surface area contributed by atoms with E-state index in [-0.39, 0.29) is 23.6 Å². The number of carbonyl (C=O) groups excluding carboxylic acids is 3. The molecule has 2 aliphatic heterocycles. The molecule has 0 spiro atoms. The van der Waals surface area contributed by atoms with Crippen LogP contribution in [0.4, 0.5) is 11.6 Å². The molecular formula is C44H60N8O7S. The standard InChI is InChI=1S/C44H60N8O7S/c1-28-29(2)49-50-41(28)48-42-33-24-38(60(56,57)44(3,4)5)37(25-35(33)46-27-47-42)59-23-19-30-17-21-51(22-18-30)20-10-8-7-9-12-31-13-11-14-32-34(31)26-52(43(32)55)36(40(45)54)15-16-39(53)58-6/h11,13-14,24-25,27,30,36H,7-10,12,15-23,26H2,1-6H3,(H2,45,54)(H2,46,47,48,49,50)/t36-/m0/s1. The highest BCUT2D eigenvalue weighted by atomic mass is 32.2. The van der Waals surface area contributed by atoms with Gasteiger partial charge in [0.05, 0.1) is 24.0 Å². The Labute approximate surface area is 353 Å². The lowest BCUT2D eigenvalue weighted by molar-refractivity contribution is -0.141. The number of unbranched alkanes of at least 4 members (excludes halogenated alkanes) is 3. The summed E-state index contributed by atoms with van der Waals surface area (Å²) in [5.41, 5.74) is 10.8. The second-order valence-corrected chi connectivity index (χ2v) is 19.8. The highest BCUT2D eigenvalue weighted by Gasteiger charge is 2.37. The number of amides is 2. The van der Waals surface area contributed by atoms with Crippen LogP contribution in [0.25, 0.3) is 10.9 Å². The maximum absolute atomic E-state index is 13.9. The summed E-state index contributed by atoms with van der Waals surface area (Å²) in [6, 6.07) is 8.23. The average Bonchev–Trinajstić information content (AvgIpc) is 3.72. The summed E-state index contributed by atoms with van der Waals surface area (Å²) in [4.78, 5) is 50.2. The first kappa shape index (κ1) is 44.5. The Kier molecular flexibility index (Phi) is 14.1. The number of sulfone groups is 1. The Hall–Kier alpha value is -5.09. The number of rotatable bonds is 19. The number of nitrogens with two attached hydrogens (primary N) is 1. The monoisotopic (exact) mass is 844 g/mol. The van der Waals surface area contributed by atoms with Gasteiger partial charge in [-0.25, -0.2) is 18.4 Å². The van der Waals surface area contributed by atoms with Crippen molar-refractivity contribution in [2.45, 2.75) is 121 Å². The van der Waals surface area contributed by atoms with Crippen molar-refractivity contribution >= 4 is 50.2 Å². The predicted molar refractivity (Wildman–Crippen MR) is 230 cm³/mol. The topological polar surface area (TPSA) is 203 Å². The van der Waals surface area contributed by atoms with E-state index in [0.717, 1.165) is 93.4 Å². The Morgan fingerprint density at radius 3 is 2.48 bits per heavy atom. The first-order chi connectivity index (χ1) is 28.6. The van der Waals surface area contributed by atoms with Crippen LogP contribution in [0.5, 0.6) is 5.75 Å². The van der Waals surface area contributed by atoms with E-state index in [4.69, 9.17) is 15.2 Å². The van der Waals surface area contributed by atoms with Crippen LogP contribution < -0.4 is 15.8 Å². The zero-order valence-electron chi connectivity index (χ0n) is 35.8. The highest BCUT2D eigenvalue weighted by molar-refractivity contribution is 7.92. The van der Waals surface area contributed by atoms with Gasteiger partial charge in [0.1, 0.15) is 28.8 Å². The summed E-state index contributed by atoms with van der Waals surface area (Å²) in [7, 11) is -2.49. The molecule has 1 fully saturated rings. The van der Waals surface area contributed by atoms with Gasteiger partial charge in [-0.3, -0.25) is 19.5 Å². The number of nitrogens with one attached hydrogen (secondary N) is 2. The lowest BCUT2D eigenvalue weighted by Gasteiger charge is -2.32. The fraction of sp³-hybridized carbons (Fsp3) is 0.545. The van der Waals surface area contributed by atoms with Crippen molar-refractivity contribution in [3.63, 3.8) is 0 Å². The summed E-state index contributed by atoms with van der Waals surface area (Å²) in [6.45, 7) is 12.8. The number of ether oxygens (including phenoxy) is 2. The first-order valence-corrected chi connectivity index (χ1v) is 22.5. The fourth-order valence-corrected chi connectivity index (χ4v) is 9.40. The number of aromatic nitrogens is 4. The number of carbonyl (C=O) groups is 3. The molecule has 2 aromatic heterocycles. The zero-order valence-corrected chi connectivity index (χ0v) is 36.6. The fourth-order valence-electron chi connectivity index (χ4n) is 8.09. The number of H-pyrrole nitrogens is 1. The van der Waals surface area contributed by atoms with Gasteiger partial charge in [-0.05, 0) is 128 Å². The lowest BCUT2D eigenvalue weighted by atomic mass is 9.93. The largest absolute Gasteiger partial charge is 0.492 e. The summed E-state index contributed by atoms with van der Waals surface area (Å²) in [6.07, 6.45) is 9.71. The van der Waals surface area contributed by atoms with Gasteiger partial charge in [-0.2, -0.15) is 5.10 Å². The minimum absolute atomic E-state index is 0.0102. The molecule has 0 radical (unpaired) electrons. The number of nitrogens with zero attached hydrogens (tertiary/aromatic N) is 5. The van der Waals surface area contributed by atoms with E-state index in [2.05, 4.69) is 36.4 Å². The molecule has 324 valence electrons. The van der Waals surface area contributed by atoms with Gasteiger partial charge in [-0.15, -0.1) is 0 Å². The number of primary amides is 1. The SMILES string of the molecule is COC(=O)CC[C@@H](C(N)=O)N1Cc2c(CCCCCCN3CCC(CCOc4cc5ncnc(Nc6n[nH]c(C)c6C)c5cc4S(=O)(=O)C(C)(C)C)CC3)cccc2C1=O. The van der Waals surface area contributed by atoms with E-state index in [1.54, 1.807) is 39.0 Å². The number of benzene rings is 2. The van der Waals surface area contributed by atoms with Crippen molar-refractivity contribution in [2.24, 2.45) is 11.7 Å². The van der Waals surface area contributed by atoms with Crippen molar-refractivity contribution in [3.8, 4) is 5.75 Å². The molecule has 15 nitrogen and oxygen atoms in total. The molecule has 6 rings (SSSR count). The van der Waals surface area contributed by atoms with E-state index < -0.39 is 32.5 Å². The van der Waals surface area contributed by atoms with Gasteiger partial charge in [0.25, 0.3) is 5.91 Å². The smallest absolute Gasteiger partial charge is 0.305 e. The molecule has 0 saturated carbocycles. The molecule has 2 amide bonds. The first-order valence-electron chi connectivity index (χ1n) is 21.0. The molecule has 0 unspecified atom stereocenters. The third kappa shape index (κ3) is 10.1. The number of aromatic amines is 1. The number of anilines is 2. The Morgan fingerprint density at radius 1 is 1.05 bits per heavy atom. The summed E-state index contributed by atoms with van der Waals surface area (Å²) in [5.74, 6) is 0.583. The third-order valence-electron chi connectivity index (χ3n) is 12.1. The van der Waals surface area contributed by atoms with Crippen molar-refractivity contribution in [3.05, 3.63) is 64.6 Å². The number of likely N-dealkylation sites (tertiary alicyclic amines) is 1. The molecule has 60 heavy (non-hydrogen) atoms. The number of piperidine rings is 1. The number of hydrogen-bond acceptors (Lipinski definition) is 12. The average molecular weight is 845 g/mol. The van der Waals surface area contributed by atoms with Gasteiger partial charge in [0, 0.05) is 41.2 Å².